The zero-order chi connectivity index (χ0) is 16.9. The first-order valence-electron chi connectivity index (χ1n) is 8.95. The highest BCUT2D eigenvalue weighted by molar-refractivity contribution is 5.54. The lowest BCUT2D eigenvalue weighted by Gasteiger charge is -2.22. The van der Waals surface area contributed by atoms with E-state index in [0.29, 0.717) is 30.2 Å². The van der Waals surface area contributed by atoms with E-state index in [0.717, 1.165) is 24.9 Å². The van der Waals surface area contributed by atoms with Crippen molar-refractivity contribution in [1.82, 2.24) is 15.0 Å². The smallest absolute Gasteiger partial charge is 0.241 e. The van der Waals surface area contributed by atoms with E-state index < -0.39 is 0 Å². The number of benzene rings is 1. The molecule has 5 heteroatoms. The molecule has 1 saturated heterocycles. The highest BCUT2D eigenvalue weighted by Gasteiger charge is 2.25. The average molecular weight is 329 g/mol. The maximum atomic E-state index is 9.03. The molecule has 0 bridgehead atoms. The second kappa shape index (κ2) is 7.90. The number of nitrogens with zero attached hydrogens (tertiary/aromatic N) is 3. The molecule has 24 heavy (non-hydrogen) atoms. The van der Waals surface area contributed by atoms with Crippen molar-refractivity contribution >= 4 is 0 Å². The fourth-order valence-electron chi connectivity index (χ4n) is 3.38. The lowest BCUT2D eigenvalue weighted by Crippen LogP contribution is -2.29. The summed E-state index contributed by atoms with van der Waals surface area (Å²) in [5.41, 5.74) is 2.30. The van der Waals surface area contributed by atoms with Gasteiger partial charge in [-0.05, 0) is 43.7 Å². The van der Waals surface area contributed by atoms with Gasteiger partial charge in [0.2, 0.25) is 11.7 Å². The summed E-state index contributed by atoms with van der Waals surface area (Å²) in [4.78, 5) is 6.96. The summed E-state index contributed by atoms with van der Waals surface area (Å²) in [6, 6.07) is 8.90. The molecule has 2 aromatic rings. The summed E-state index contributed by atoms with van der Waals surface area (Å²) in [7, 11) is 0. The minimum Gasteiger partial charge on any atom is -0.396 e. The second-order valence-corrected chi connectivity index (χ2v) is 6.92. The lowest BCUT2D eigenvalue weighted by atomic mass is 10.0. The summed E-state index contributed by atoms with van der Waals surface area (Å²) in [5.74, 6) is 1.85. The SMILES string of the molecule is CC(C)c1ccc(-c2noc(CN3CCCC3CCCO)n2)cc1. The van der Waals surface area contributed by atoms with Gasteiger partial charge in [-0.15, -0.1) is 0 Å². The number of aliphatic hydroxyl groups is 1. The largest absolute Gasteiger partial charge is 0.396 e. The van der Waals surface area contributed by atoms with Gasteiger partial charge < -0.3 is 9.63 Å². The molecule has 2 heterocycles. The minimum atomic E-state index is 0.265. The monoisotopic (exact) mass is 329 g/mol. The van der Waals surface area contributed by atoms with Gasteiger partial charge in [-0.3, -0.25) is 4.90 Å². The Kier molecular flexibility index (Phi) is 5.63. The normalized spacial score (nSPS) is 18.6. The Balaban J connectivity index is 1.64. The van der Waals surface area contributed by atoms with Crippen LogP contribution < -0.4 is 0 Å². The van der Waals surface area contributed by atoms with Crippen LogP contribution in [0.5, 0.6) is 0 Å². The van der Waals surface area contributed by atoms with Crippen molar-refractivity contribution < 1.29 is 9.63 Å². The number of hydrogen-bond donors (Lipinski definition) is 1. The summed E-state index contributed by atoms with van der Waals surface area (Å²) in [6.07, 6.45) is 4.29. The molecule has 1 N–H and O–H groups in total. The van der Waals surface area contributed by atoms with Crippen LogP contribution in [0.4, 0.5) is 0 Å². The van der Waals surface area contributed by atoms with E-state index in [1.54, 1.807) is 0 Å². The van der Waals surface area contributed by atoms with Crippen molar-refractivity contribution in [2.24, 2.45) is 0 Å². The van der Waals surface area contributed by atoms with E-state index in [1.807, 2.05) is 0 Å². The third-order valence-electron chi connectivity index (χ3n) is 4.84. The molecule has 0 amide bonds. The van der Waals surface area contributed by atoms with E-state index in [2.05, 4.69) is 53.2 Å². The average Bonchev–Trinajstić information content (AvgIpc) is 3.23. The van der Waals surface area contributed by atoms with Gasteiger partial charge in [0.1, 0.15) is 0 Å². The van der Waals surface area contributed by atoms with Crippen LogP contribution in [-0.4, -0.2) is 39.3 Å². The van der Waals surface area contributed by atoms with Gasteiger partial charge in [-0.25, -0.2) is 0 Å². The first kappa shape index (κ1) is 17.1. The number of hydrogen-bond acceptors (Lipinski definition) is 5. The topological polar surface area (TPSA) is 62.4 Å². The molecular weight excluding hydrogens is 302 g/mol. The Bertz CT molecular complexity index is 636. The Morgan fingerprint density at radius 3 is 2.79 bits per heavy atom. The van der Waals surface area contributed by atoms with Gasteiger partial charge in [0.15, 0.2) is 0 Å². The number of aliphatic hydroxyl groups excluding tert-OH is 1. The van der Waals surface area contributed by atoms with Gasteiger partial charge in [-0.2, -0.15) is 4.98 Å². The van der Waals surface area contributed by atoms with E-state index in [-0.39, 0.29) is 6.61 Å². The van der Waals surface area contributed by atoms with Crippen LogP contribution in [0.25, 0.3) is 11.4 Å². The predicted molar refractivity (Wildman–Crippen MR) is 93.6 cm³/mol. The molecule has 0 aliphatic carbocycles. The molecule has 0 saturated carbocycles. The van der Waals surface area contributed by atoms with Crippen molar-refractivity contribution in [3.8, 4) is 11.4 Å². The van der Waals surface area contributed by atoms with E-state index in [4.69, 9.17) is 9.63 Å². The van der Waals surface area contributed by atoms with Crippen LogP contribution in [0.15, 0.2) is 28.8 Å². The van der Waals surface area contributed by atoms with Crippen LogP contribution in [0.3, 0.4) is 0 Å². The Labute approximate surface area is 143 Å². The quantitative estimate of drug-likeness (QED) is 0.841. The van der Waals surface area contributed by atoms with Crippen LogP contribution in [0.2, 0.25) is 0 Å². The molecule has 3 rings (SSSR count). The molecule has 1 fully saturated rings. The van der Waals surface area contributed by atoms with Crippen LogP contribution in [0, 0.1) is 0 Å². The number of aromatic nitrogens is 2. The number of likely N-dealkylation sites (tertiary alicyclic amines) is 1. The number of rotatable bonds is 7. The fraction of sp³-hybridized carbons (Fsp3) is 0.579. The van der Waals surface area contributed by atoms with Crippen molar-refractivity contribution in [2.75, 3.05) is 13.2 Å². The molecule has 1 unspecified atom stereocenters. The maximum absolute atomic E-state index is 9.03. The highest BCUT2D eigenvalue weighted by Crippen LogP contribution is 2.24. The molecule has 1 aliphatic rings. The van der Waals surface area contributed by atoms with Gasteiger partial charge in [0.05, 0.1) is 6.54 Å². The van der Waals surface area contributed by atoms with Gasteiger partial charge in [-0.1, -0.05) is 43.3 Å². The van der Waals surface area contributed by atoms with Crippen LogP contribution in [-0.2, 0) is 6.54 Å². The van der Waals surface area contributed by atoms with Gasteiger partial charge in [0.25, 0.3) is 0 Å². The maximum Gasteiger partial charge on any atom is 0.241 e. The molecule has 0 spiro atoms. The summed E-state index contributed by atoms with van der Waals surface area (Å²) >= 11 is 0. The molecule has 1 aliphatic heterocycles. The molecule has 130 valence electrons. The third-order valence-corrected chi connectivity index (χ3v) is 4.84. The lowest BCUT2D eigenvalue weighted by molar-refractivity contribution is 0.188. The molecular formula is C19H27N3O2. The van der Waals surface area contributed by atoms with E-state index >= 15 is 0 Å². The highest BCUT2D eigenvalue weighted by atomic mass is 16.5. The third kappa shape index (κ3) is 4.02. The summed E-state index contributed by atoms with van der Waals surface area (Å²) < 4.78 is 5.46. The van der Waals surface area contributed by atoms with Gasteiger partial charge >= 0.3 is 0 Å². The Morgan fingerprint density at radius 2 is 2.08 bits per heavy atom. The first-order valence-corrected chi connectivity index (χ1v) is 8.95. The molecule has 1 aromatic carbocycles. The van der Waals surface area contributed by atoms with Crippen molar-refractivity contribution in [3.05, 3.63) is 35.7 Å². The van der Waals surface area contributed by atoms with E-state index in [9.17, 15) is 0 Å². The summed E-state index contributed by atoms with van der Waals surface area (Å²) in [5, 5.41) is 13.2. The summed E-state index contributed by atoms with van der Waals surface area (Å²) in [6.45, 7) is 6.40. The van der Waals surface area contributed by atoms with Gasteiger partial charge in [0, 0.05) is 18.2 Å². The first-order chi connectivity index (χ1) is 11.7. The standard InChI is InChI=1S/C19H27N3O2/c1-14(2)15-7-9-16(10-8-15)19-20-18(24-21-19)13-22-11-3-5-17(22)6-4-12-23/h7-10,14,17,23H,3-6,11-13H2,1-2H3. The second-order valence-electron chi connectivity index (χ2n) is 6.92. The Morgan fingerprint density at radius 1 is 1.29 bits per heavy atom. The molecule has 1 aromatic heterocycles. The van der Waals surface area contributed by atoms with E-state index in [1.165, 1.54) is 18.4 Å². The van der Waals surface area contributed by atoms with Crippen molar-refractivity contribution in [2.45, 2.75) is 58.0 Å². The Hall–Kier alpha value is -1.72. The zero-order valence-electron chi connectivity index (χ0n) is 14.6. The van der Waals surface area contributed by atoms with Crippen molar-refractivity contribution in [3.63, 3.8) is 0 Å². The van der Waals surface area contributed by atoms with Crippen molar-refractivity contribution in [1.29, 1.82) is 0 Å². The molecule has 0 radical (unpaired) electrons. The predicted octanol–water partition coefficient (Wildman–Crippen LogP) is 3.60. The molecule has 1 atom stereocenters. The van der Waals surface area contributed by atoms with Crippen LogP contribution in [0.1, 0.15) is 56.9 Å². The zero-order valence-corrected chi connectivity index (χ0v) is 14.6. The van der Waals surface area contributed by atoms with Crippen LogP contribution >= 0.6 is 0 Å². The fourth-order valence-corrected chi connectivity index (χ4v) is 3.38. The molecule has 5 nitrogen and oxygen atoms in total. The minimum absolute atomic E-state index is 0.265.